The third-order valence-electron chi connectivity index (χ3n) is 4.07. The van der Waals surface area contributed by atoms with Crippen LogP contribution in [-0.4, -0.2) is 41.9 Å². The van der Waals surface area contributed by atoms with Crippen LogP contribution in [0, 0.1) is 5.41 Å². The van der Waals surface area contributed by atoms with Crippen LogP contribution >= 0.6 is 0 Å². The fraction of sp³-hybridized carbons (Fsp3) is 0.588. The number of nitrogens with zero attached hydrogens (tertiary/aromatic N) is 2. The predicted octanol–water partition coefficient (Wildman–Crippen LogP) is 2.94. The van der Waals surface area contributed by atoms with Gasteiger partial charge < -0.3 is 4.90 Å². The molecule has 0 spiro atoms. The summed E-state index contributed by atoms with van der Waals surface area (Å²) < 4.78 is 0. The third-order valence-corrected chi connectivity index (χ3v) is 4.07. The Morgan fingerprint density at radius 1 is 1.05 bits per heavy atom. The largest absolute Gasteiger partial charge is 0.340 e. The maximum atomic E-state index is 12.3. The van der Waals surface area contributed by atoms with Gasteiger partial charge in [0.05, 0.1) is 0 Å². The van der Waals surface area contributed by atoms with Crippen molar-refractivity contribution in [1.82, 2.24) is 9.80 Å². The molecule has 0 N–H and O–H groups in total. The molecule has 1 unspecified atom stereocenters. The minimum Gasteiger partial charge on any atom is -0.340 e. The molecule has 0 bridgehead atoms. The van der Waals surface area contributed by atoms with Crippen LogP contribution in [0.1, 0.15) is 39.3 Å². The Labute approximate surface area is 122 Å². The summed E-state index contributed by atoms with van der Waals surface area (Å²) in [5.41, 5.74) is 1.08. The van der Waals surface area contributed by atoms with Gasteiger partial charge in [0.2, 0.25) is 5.91 Å². The number of hydrogen-bond acceptors (Lipinski definition) is 2. The third kappa shape index (κ3) is 3.40. The normalized spacial score (nSPS) is 18.9. The van der Waals surface area contributed by atoms with E-state index in [0.29, 0.717) is 6.04 Å². The summed E-state index contributed by atoms with van der Waals surface area (Å²) in [6.07, 6.45) is 0. The van der Waals surface area contributed by atoms with E-state index in [1.54, 1.807) is 0 Å². The molecule has 110 valence electrons. The standard InChI is InChI=1S/C17H26N2O/c1-14(15-8-6-5-7-9-15)18-10-12-19(13-11-18)16(20)17(2,3)4/h5-9,14H,10-13H2,1-4H3. The van der Waals surface area contributed by atoms with E-state index >= 15 is 0 Å². The van der Waals surface area contributed by atoms with Crippen molar-refractivity contribution in [2.75, 3.05) is 26.2 Å². The van der Waals surface area contributed by atoms with E-state index in [-0.39, 0.29) is 11.3 Å². The molecule has 20 heavy (non-hydrogen) atoms. The topological polar surface area (TPSA) is 23.6 Å². The molecule has 1 fully saturated rings. The first-order chi connectivity index (χ1) is 9.39. The van der Waals surface area contributed by atoms with E-state index < -0.39 is 0 Å². The van der Waals surface area contributed by atoms with Crippen LogP contribution < -0.4 is 0 Å². The molecule has 2 rings (SSSR count). The van der Waals surface area contributed by atoms with Crippen molar-refractivity contribution >= 4 is 5.91 Å². The van der Waals surface area contributed by atoms with E-state index in [0.717, 1.165) is 26.2 Å². The van der Waals surface area contributed by atoms with Crippen LogP contribution in [0.15, 0.2) is 30.3 Å². The summed E-state index contributed by atoms with van der Waals surface area (Å²) in [7, 11) is 0. The van der Waals surface area contributed by atoms with Gasteiger partial charge in [-0.1, -0.05) is 51.1 Å². The molecule has 1 atom stereocenters. The Morgan fingerprint density at radius 2 is 1.60 bits per heavy atom. The Balaban J connectivity index is 1.93. The highest BCUT2D eigenvalue weighted by atomic mass is 16.2. The molecule has 1 heterocycles. The van der Waals surface area contributed by atoms with Crippen LogP contribution in [0.5, 0.6) is 0 Å². The lowest BCUT2D eigenvalue weighted by Crippen LogP contribution is -2.52. The highest BCUT2D eigenvalue weighted by Gasteiger charge is 2.30. The van der Waals surface area contributed by atoms with Gasteiger partial charge in [-0.05, 0) is 12.5 Å². The van der Waals surface area contributed by atoms with Gasteiger partial charge >= 0.3 is 0 Å². The number of amides is 1. The van der Waals surface area contributed by atoms with E-state index in [1.807, 2.05) is 25.7 Å². The second-order valence-electron chi connectivity index (χ2n) is 6.66. The average Bonchev–Trinajstić information content (AvgIpc) is 2.46. The highest BCUT2D eigenvalue weighted by molar-refractivity contribution is 5.81. The monoisotopic (exact) mass is 274 g/mol. The fourth-order valence-electron chi connectivity index (χ4n) is 2.73. The van der Waals surface area contributed by atoms with E-state index in [9.17, 15) is 4.79 Å². The Kier molecular flexibility index (Phi) is 4.48. The van der Waals surface area contributed by atoms with Gasteiger partial charge in [0.1, 0.15) is 0 Å². The minimum atomic E-state index is -0.271. The van der Waals surface area contributed by atoms with Crippen LogP contribution in [-0.2, 0) is 4.79 Å². The van der Waals surface area contributed by atoms with Crippen molar-refractivity contribution in [2.24, 2.45) is 5.41 Å². The first kappa shape index (κ1) is 15.0. The Hall–Kier alpha value is -1.35. The molecule has 1 amide bonds. The first-order valence-electron chi connectivity index (χ1n) is 7.48. The van der Waals surface area contributed by atoms with E-state index in [4.69, 9.17) is 0 Å². The minimum absolute atomic E-state index is 0.268. The van der Waals surface area contributed by atoms with Gasteiger partial charge in [-0.3, -0.25) is 9.69 Å². The number of piperazine rings is 1. The van der Waals surface area contributed by atoms with Crippen molar-refractivity contribution in [1.29, 1.82) is 0 Å². The summed E-state index contributed by atoms with van der Waals surface area (Å²) in [6.45, 7) is 11.8. The molecule has 1 aliphatic heterocycles. The summed E-state index contributed by atoms with van der Waals surface area (Å²) in [6, 6.07) is 11.0. The number of carbonyl (C=O) groups is 1. The van der Waals surface area contributed by atoms with Gasteiger partial charge in [0, 0.05) is 37.6 Å². The van der Waals surface area contributed by atoms with Crippen LogP contribution in [0.25, 0.3) is 0 Å². The first-order valence-corrected chi connectivity index (χ1v) is 7.48. The maximum absolute atomic E-state index is 12.3. The average molecular weight is 274 g/mol. The maximum Gasteiger partial charge on any atom is 0.228 e. The lowest BCUT2D eigenvalue weighted by Gasteiger charge is -2.40. The molecule has 1 aromatic rings. The molecule has 3 heteroatoms. The molecule has 3 nitrogen and oxygen atoms in total. The van der Waals surface area contributed by atoms with Crippen molar-refractivity contribution in [2.45, 2.75) is 33.7 Å². The van der Waals surface area contributed by atoms with Gasteiger partial charge in [-0.2, -0.15) is 0 Å². The smallest absolute Gasteiger partial charge is 0.228 e. The van der Waals surface area contributed by atoms with Crippen LogP contribution in [0.3, 0.4) is 0 Å². The molecule has 0 saturated carbocycles. The zero-order valence-corrected chi connectivity index (χ0v) is 13.1. The number of hydrogen-bond donors (Lipinski definition) is 0. The van der Waals surface area contributed by atoms with Crippen molar-refractivity contribution in [3.63, 3.8) is 0 Å². The highest BCUT2D eigenvalue weighted by Crippen LogP contribution is 2.23. The second-order valence-corrected chi connectivity index (χ2v) is 6.66. The van der Waals surface area contributed by atoms with Gasteiger partial charge in [0.25, 0.3) is 0 Å². The lowest BCUT2D eigenvalue weighted by atomic mass is 9.94. The fourth-order valence-corrected chi connectivity index (χ4v) is 2.73. The molecular formula is C17H26N2O. The quantitative estimate of drug-likeness (QED) is 0.828. The zero-order chi connectivity index (χ0) is 14.8. The SMILES string of the molecule is CC(c1ccccc1)N1CCN(C(=O)C(C)(C)C)CC1. The van der Waals surface area contributed by atoms with Crippen LogP contribution in [0.2, 0.25) is 0 Å². The van der Waals surface area contributed by atoms with Crippen molar-refractivity contribution in [3.8, 4) is 0 Å². The predicted molar refractivity (Wildman–Crippen MR) is 82.5 cm³/mol. The number of rotatable bonds is 2. The van der Waals surface area contributed by atoms with Crippen molar-refractivity contribution < 1.29 is 4.79 Å². The molecule has 1 aliphatic rings. The molecule has 1 saturated heterocycles. The molecule has 0 radical (unpaired) electrons. The summed E-state index contributed by atoms with van der Waals surface area (Å²) in [5.74, 6) is 0.268. The molecule has 0 aliphatic carbocycles. The molecular weight excluding hydrogens is 248 g/mol. The number of carbonyl (C=O) groups excluding carboxylic acids is 1. The molecule has 0 aromatic heterocycles. The van der Waals surface area contributed by atoms with Gasteiger partial charge in [-0.25, -0.2) is 0 Å². The van der Waals surface area contributed by atoms with E-state index in [1.165, 1.54) is 5.56 Å². The summed E-state index contributed by atoms with van der Waals surface area (Å²) in [4.78, 5) is 16.7. The lowest BCUT2D eigenvalue weighted by molar-refractivity contribution is -0.141. The van der Waals surface area contributed by atoms with E-state index in [2.05, 4.69) is 42.2 Å². The summed E-state index contributed by atoms with van der Waals surface area (Å²) >= 11 is 0. The zero-order valence-electron chi connectivity index (χ0n) is 13.1. The number of benzene rings is 1. The Morgan fingerprint density at radius 3 is 2.10 bits per heavy atom. The van der Waals surface area contributed by atoms with Gasteiger partial charge in [0.15, 0.2) is 0 Å². The molecule has 1 aromatic carbocycles. The summed E-state index contributed by atoms with van der Waals surface area (Å²) in [5, 5.41) is 0. The van der Waals surface area contributed by atoms with Crippen LogP contribution in [0.4, 0.5) is 0 Å². The Bertz CT molecular complexity index is 442. The second kappa shape index (κ2) is 5.96. The van der Waals surface area contributed by atoms with Gasteiger partial charge in [-0.15, -0.1) is 0 Å². The van der Waals surface area contributed by atoms with Crippen molar-refractivity contribution in [3.05, 3.63) is 35.9 Å².